The number of amides is 1. The molecule has 1 aromatic carbocycles. The van der Waals surface area contributed by atoms with Crippen molar-refractivity contribution in [1.29, 1.82) is 0 Å². The van der Waals surface area contributed by atoms with Crippen LogP contribution < -0.4 is 5.32 Å². The molecule has 0 unspecified atom stereocenters. The van der Waals surface area contributed by atoms with Crippen molar-refractivity contribution < 1.29 is 9.90 Å². The Kier molecular flexibility index (Phi) is 2.98. The summed E-state index contributed by atoms with van der Waals surface area (Å²) in [5.41, 5.74) is 2.50. The second-order valence-corrected chi connectivity index (χ2v) is 5.29. The molecule has 5 nitrogen and oxygen atoms in total. The van der Waals surface area contributed by atoms with Crippen molar-refractivity contribution in [2.45, 2.75) is 19.3 Å². The summed E-state index contributed by atoms with van der Waals surface area (Å²) in [6, 6.07) is 5.43. The van der Waals surface area contributed by atoms with Crippen molar-refractivity contribution in [2.75, 3.05) is 13.2 Å². The normalized spacial score (nSPS) is 16.5. The summed E-state index contributed by atoms with van der Waals surface area (Å²) in [7, 11) is 0. The zero-order chi connectivity index (χ0) is 13.3. The van der Waals surface area contributed by atoms with E-state index in [2.05, 4.69) is 15.3 Å². The van der Waals surface area contributed by atoms with Crippen LogP contribution >= 0.6 is 0 Å². The fourth-order valence-corrected chi connectivity index (χ4v) is 2.38. The molecule has 0 radical (unpaired) electrons. The van der Waals surface area contributed by atoms with Crippen LogP contribution in [0.15, 0.2) is 24.5 Å². The Labute approximate surface area is 111 Å². The van der Waals surface area contributed by atoms with Gasteiger partial charge < -0.3 is 15.4 Å². The average Bonchev–Trinajstić information content (AvgIpc) is 3.02. The second kappa shape index (κ2) is 4.66. The zero-order valence-electron chi connectivity index (χ0n) is 10.6. The Morgan fingerprint density at radius 1 is 1.47 bits per heavy atom. The van der Waals surface area contributed by atoms with Crippen LogP contribution in [-0.4, -0.2) is 34.1 Å². The van der Waals surface area contributed by atoms with Gasteiger partial charge in [0.2, 0.25) is 0 Å². The van der Waals surface area contributed by atoms with Crippen LogP contribution in [-0.2, 0) is 0 Å². The van der Waals surface area contributed by atoms with Crippen LogP contribution in [0.4, 0.5) is 0 Å². The van der Waals surface area contributed by atoms with Gasteiger partial charge in [0.15, 0.2) is 0 Å². The van der Waals surface area contributed by atoms with Crippen molar-refractivity contribution >= 4 is 16.9 Å². The molecule has 19 heavy (non-hydrogen) atoms. The van der Waals surface area contributed by atoms with Gasteiger partial charge in [0.25, 0.3) is 5.91 Å². The Morgan fingerprint density at radius 3 is 3.05 bits per heavy atom. The van der Waals surface area contributed by atoms with E-state index in [1.165, 1.54) is 0 Å². The van der Waals surface area contributed by atoms with Gasteiger partial charge in [-0.05, 0) is 42.9 Å². The lowest BCUT2D eigenvalue weighted by Crippen LogP contribution is -2.30. The molecule has 5 heteroatoms. The number of H-pyrrole nitrogens is 1. The highest BCUT2D eigenvalue weighted by Gasteiger charge is 2.41. The summed E-state index contributed by atoms with van der Waals surface area (Å²) >= 11 is 0. The monoisotopic (exact) mass is 259 g/mol. The lowest BCUT2D eigenvalue weighted by atomic mass is 10.0. The third-order valence-corrected chi connectivity index (χ3v) is 3.91. The minimum atomic E-state index is -0.0688. The number of aliphatic hydroxyl groups is 1. The summed E-state index contributed by atoms with van der Waals surface area (Å²) in [4.78, 5) is 19.2. The number of hydrogen-bond acceptors (Lipinski definition) is 3. The molecule has 0 atom stereocenters. The molecule has 1 aromatic heterocycles. The van der Waals surface area contributed by atoms with E-state index in [-0.39, 0.29) is 17.9 Å². The van der Waals surface area contributed by atoms with Gasteiger partial charge in [-0.25, -0.2) is 4.98 Å². The number of aromatic nitrogens is 2. The van der Waals surface area contributed by atoms with Gasteiger partial charge >= 0.3 is 0 Å². The molecule has 2 aromatic rings. The Morgan fingerprint density at radius 2 is 2.32 bits per heavy atom. The topological polar surface area (TPSA) is 78.0 Å². The van der Waals surface area contributed by atoms with E-state index in [4.69, 9.17) is 5.11 Å². The Balaban J connectivity index is 1.66. The summed E-state index contributed by atoms with van der Waals surface area (Å²) in [6.45, 7) is 0.837. The number of nitrogens with zero attached hydrogens (tertiary/aromatic N) is 1. The van der Waals surface area contributed by atoms with Crippen LogP contribution in [0, 0.1) is 5.41 Å². The van der Waals surface area contributed by atoms with Crippen LogP contribution in [0.25, 0.3) is 11.0 Å². The maximum atomic E-state index is 12.1. The highest BCUT2D eigenvalue weighted by Crippen LogP contribution is 2.47. The smallest absolute Gasteiger partial charge is 0.251 e. The molecule has 0 aliphatic heterocycles. The number of benzene rings is 1. The lowest BCUT2D eigenvalue weighted by molar-refractivity contribution is 0.0941. The first-order valence-electron chi connectivity index (χ1n) is 6.55. The largest absolute Gasteiger partial charge is 0.396 e. The number of fused-ring (bicyclic) bond motifs is 1. The number of imidazole rings is 1. The first-order valence-corrected chi connectivity index (χ1v) is 6.55. The molecule has 0 bridgehead atoms. The molecule has 3 rings (SSSR count). The fourth-order valence-electron chi connectivity index (χ4n) is 2.38. The standard InChI is InChI=1S/C14H17N3O2/c18-6-5-14(3-4-14)8-15-13(19)10-1-2-11-12(7-10)17-9-16-11/h1-2,7,9,18H,3-6,8H2,(H,15,19)(H,16,17). The molecule has 1 fully saturated rings. The van der Waals surface area contributed by atoms with E-state index in [1.807, 2.05) is 12.1 Å². The Hall–Kier alpha value is -1.88. The van der Waals surface area contributed by atoms with Gasteiger partial charge in [0.05, 0.1) is 17.4 Å². The molecule has 1 saturated carbocycles. The van der Waals surface area contributed by atoms with Crippen molar-refractivity contribution in [2.24, 2.45) is 5.41 Å². The maximum absolute atomic E-state index is 12.1. The van der Waals surface area contributed by atoms with Crippen LogP contribution in [0.2, 0.25) is 0 Å². The van der Waals surface area contributed by atoms with E-state index in [0.29, 0.717) is 12.1 Å². The first-order chi connectivity index (χ1) is 9.22. The van der Waals surface area contributed by atoms with Crippen LogP contribution in [0.3, 0.4) is 0 Å². The number of carbonyl (C=O) groups is 1. The molecule has 3 N–H and O–H groups in total. The maximum Gasteiger partial charge on any atom is 0.251 e. The number of hydrogen-bond donors (Lipinski definition) is 3. The van der Waals surface area contributed by atoms with Gasteiger partial charge in [-0.2, -0.15) is 0 Å². The summed E-state index contributed by atoms with van der Waals surface area (Å²) < 4.78 is 0. The van der Waals surface area contributed by atoms with E-state index >= 15 is 0 Å². The molecular formula is C14H17N3O2. The second-order valence-electron chi connectivity index (χ2n) is 5.29. The molecule has 0 spiro atoms. The number of nitrogens with one attached hydrogen (secondary N) is 2. The molecule has 1 aliphatic rings. The number of carbonyl (C=O) groups excluding carboxylic acids is 1. The van der Waals surface area contributed by atoms with Crippen LogP contribution in [0.1, 0.15) is 29.6 Å². The molecular weight excluding hydrogens is 242 g/mol. The van der Waals surface area contributed by atoms with E-state index < -0.39 is 0 Å². The minimum absolute atomic E-state index is 0.0688. The van der Waals surface area contributed by atoms with Gasteiger partial charge in [-0.1, -0.05) is 0 Å². The van der Waals surface area contributed by atoms with Gasteiger partial charge in [0, 0.05) is 18.7 Å². The molecule has 100 valence electrons. The molecule has 1 heterocycles. The predicted molar refractivity (Wildman–Crippen MR) is 71.8 cm³/mol. The third-order valence-electron chi connectivity index (χ3n) is 3.91. The molecule has 1 aliphatic carbocycles. The van der Waals surface area contributed by atoms with Crippen molar-refractivity contribution in [3.8, 4) is 0 Å². The van der Waals surface area contributed by atoms with E-state index in [0.717, 1.165) is 30.3 Å². The van der Waals surface area contributed by atoms with Gasteiger partial charge in [0.1, 0.15) is 0 Å². The first kappa shape index (κ1) is 12.2. The molecule has 1 amide bonds. The highest BCUT2D eigenvalue weighted by molar-refractivity contribution is 5.97. The summed E-state index contributed by atoms with van der Waals surface area (Å²) in [5.74, 6) is -0.0688. The highest BCUT2D eigenvalue weighted by atomic mass is 16.3. The minimum Gasteiger partial charge on any atom is -0.396 e. The van der Waals surface area contributed by atoms with Gasteiger partial charge in [-0.15, -0.1) is 0 Å². The van der Waals surface area contributed by atoms with E-state index in [1.54, 1.807) is 12.4 Å². The SMILES string of the molecule is O=C(NCC1(CCO)CC1)c1ccc2nc[nH]c2c1. The number of rotatable bonds is 5. The Bertz CT molecular complexity index is 602. The van der Waals surface area contributed by atoms with E-state index in [9.17, 15) is 4.79 Å². The average molecular weight is 259 g/mol. The number of aromatic amines is 1. The predicted octanol–water partition coefficient (Wildman–Crippen LogP) is 1.46. The summed E-state index contributed by atoms with van der Waals surface area (Å²) in [6.07, 6.45) is 4.57. The quantitative estimate of drug-likeness (QED) is 0.760. The van der Waals surface area contributed by atoms with Crippen molar-refractivity contribution in [3.05, 3.63) is 30.1 Å². The third kappa shape index (κ3) is 2.46. The van der Waals surface area contributed by atoms with Crippen LogP contribution in [0.5, 0.6) is 0 Å². The lowest BCUT2D eigenvalue weighted by Gasteiger charge is -2.14. The van der Waals surface area contributed by atoms with Crippen molar-refractivity contribution in [1.82, 2.24) is 15.3 Å². The number of aliphatic hydroxyl groups excluding tert-OH is 1. The summed E-state index contributed by atoms with van der Waals surface area (Å²) in [5, 5.41) is 12.0. The zero-order valence-corrected chi connectivity index (χ0v) is 10.6. The van der Waals surface area contributed by atoms with Gasteiger partial charge in [-0.3, -0.25) is 4.79 Å². The van der Waals surface area contributed by atoms with Crippen molar-refractivity contribution in [3.63, 3.8) is 0 Å². The molecule has 0 saturated heterocycles. The fraction of sp³-hybridized carbons (Fsp3) is 0.429.